The molecule has 1 N–H and O–H groups in total. The molecule has 0 aromatic heterocycles. The highest BCUT2D eigenvalue weighted by Crippen LogP contribution is 2.21. The molecule has 1 aliphatic carbocycles. The van der Waals surface area contributed by atoms with Crippen molar-refractivity contribution in [2.45, 2.75) is 64.1 Å². The Hall–Kier alpha value is -2.89. The van der Waals surface area contributed by atoms with Crippen LogP contribution in [0.4, 0.5) is 4.39 Å². The maximum absolute atomic E-state index is 13.3. The van der Waals surface area contributed by atoms with E-state index in [-0.39, 0.29) is 30.1 Å². The van der Waals surface area contributed by atoms with Crippen LogP contribution in [0.2, 0.25) is 0 Å². The molecule has 5 nitrogen and oxygen atoms in total. The van der Waals surface area contributed by atoms with Gasteiger partial charge in [0.05, 0.1) is 13.5 Å². The van der Waals surface area contributed by atoms with Crippen LogP contribution < -0.4 is 10.1 Å². The fourth-order valence-electron chi connectivity index (χ4n) is 4.13. The van der Waals surface area contributed by atoms with Crippen molar-refractivity contribution in [3.8, 4) is 5.75 Å². The number of hydrogen-bond donors (Lipinski definition) is 1. The van der Waals surface area contributed by atoms with Crippen molar-refractivity contribution in [3.05, 3.63) is 65.5 Å². The first-order valence-electron chi connectivity index (χ1n) is 11.0. The topological polar surface area (TPSA) is 58.6 Å². The first kappa shape index (κ1) is 22.8. The van der Waals surface area contributed by atoms with Gasteiger partial charge in [-0.15, -0.1) is 0 Å². The molecule has 1 aliphatic rings. The molecular formula is C25H31FN2O3. The standard InChI is InChI=1S/C25H31FN2O3/c1-3-23(25(30)27-21-8-4-5-9-21)28(17-19-7-6-10-22(15-19)31-2)24(29)16-18-11-13-20(26)14-12-18/h6-7,10-15,21,23H,3-5,8-9,16-17H2,1-2H3,(H,27,30)/t23-/m0/s1. The summed E-state index contributed by atoms with van der Waals surface area (Å²) in [5, 5.41) is 3.14. The van der Waals surface area contributed by atoms with Crippen LogP contribution in [0.15, 0.2) is 48.5 Å². The van der Waals surface area contributed by atoms with E-state index >= 15 is 0 Å². The predicted molar refractivity (Wildman–Crippen MR) is 118 cm³/mol. The number of rotatable bonds is 9. The van der Waals surface area contributed by atoms with E-state index in [0.717, 1.165) is 31.2 Å². The van der Waals surface area contributed by atoms with Crippen LogP contribution in [0.3, 0.4) is 0 Å². The van der Waals surface area contributed by atoms with Crippen LogP contribution in [-0.4, -0.2) is 35.9 Å². The molecule has 6 heteroatoms. The minimum Gasteiger partial charge on any atom is -0.497 e. The second kappa shape index (κ2) is 10.9. The van der Waals surface area contributed by atoms with Gasteiger partial charge < -0.3 is 15.0 Å². The fourth-order valence-corrected chi connectivity index (χ4v) is 4.13. The molecule has 0 spiro atoms. The van der Waals surface area contributed by atoms with E-state index in [0.29, 0.717) is 24.3 Å². The Balaban J connectivity index is 1.82. The molecule has 2 amide bonds. The molecule has 1 atom stereocenters. The minimum absolute atomic E-state index is 0.107. The first-order valence-corrected chi connectivity index (χ1v) is 11.0. The molecule has 0 radical (unpaired) electrons. The van der Waals surface area contributed by atoms with Gasteiger partial charge in [-0.25, -0.2) is 4.39 Å². The van der Waals surface area contributed by atoms with E-state index < -0.39 is 6.04 Å². The van der Waals surface area contributed by atoms with E-state index in [1.165, 1.54) is 12.1 Å². The average Bonchev–Trinajstić information content (AvgIpc) is 3.28. The zero-order valence-corrected chi connectivity index (χ0v) is 18.3. The number of hydrogen-bond acceptors (Lipinski definition) is 3. The molecule has 2 aromatic carbocycles. The number of carbonyl (C=O) groups excluding carboxylic acids is 2. The molecule has 0 heterocycles. The number of methoxy groups -OCH3 is 1. The summed E-state index contributed by atoms with van der Waals surface area (Å²) in [5.41, 5.74) is 1.60. The summed E-state index contributed by atoms with van der Waals surface area (Å²) in [6, 6.07) is 13.0. The van der Waals surface area contributed by atoms with Gasteiger partial charge in [0.25, 0.3) is 0 Å². The SMILES string of the molecule is CC[C@@H](C(=O)NC1CCCC1)N(Cc1cccc(OC)c1)C(=O)Cc1ccc(F)cc1. The minimum atomic E-state index is -0.570. The number of ether oxygens (including phenoxy) is 1. The van der Waals surface area contributed by atoms with Crippen molar-refractivity contribution in [2.75, 3.05) is 7.11 Å². The van der Waals surface area contributed by atoms with Crippen molar-refractivity contribution in [2.24, 2.45) is 0 Å². The molecule has 166 valence electrons. The van der Waals surface area contributed by atoms with Crippen LogP contribution in [0, 0.1) is 5.82 Å². The average molecular weight is 427 g/mol. The first-order chi connectivity index (χ1) is 15.0. The third-order valence-electron chi connectivity index (χ3n) is 5.84. The van der Waals surface area contributed by atoms with Gasteiger partial charge in [-0.05, 0) is 54.7 Å². The summed E-state index contributed by atoms with van der Waals surface area (Å²) in [5.74, 6) is 0.0892. The number of halogens is 1. The third-order valence-corrected chi connectivity index (χ3v) is 5.84. The van der Waals surface area contributed by atoms with Gasteiger partial charge in [0.1, 0.15) is 17.6 Å². The summed E-state index contributed by atoms with van der Waals surface area (Å²) in [4.78, 5) is 28.1. The normalized spacial score (nSPS) is 14.8. The Morgan fingerprint density at radius 2 is 1.84 bits per heavy atom. The lowest BCUT2D eigenvalue weighted by atomic mass is 10.1. The molecular weight excluding hydrogens is 395 g/mol. The van der Waals surface area contributed by atoms with Crippen LogP contribution in [-0.2, 0) is 22.6 Å². The van der Waals surface area contributed by atoms with Crippen molar-refractivity contribution < 1.29 is 18.7 Å². The quantitative estimate of drug-likeness (QED) is 0.652. The number of amides is 2. The van der Waals surface area contributed by atoms with E-state index in [1.54, 1.807) is 24.1 Å². The maximum Gasteiger partial charge on any atom is 0.243 e. The lowest BCUT2D eigenvalue weighted by Crippen LogP contribution is -2.51. The van der Waals surface area contributed by atoms with Crippen molar-refractivity contribution in [3.63, 3.8) is 0 Å². The van der Waals surface area contributed by atoms with Gasteiger partial charge >= 0.3 is 0 Å². The van der Waals surface area contributed by atoms with Crippen molar-refractivity contribution in [1.29, 1.82) is 0 Å². The van der Waals surface area contributed by atoms with Gasteiger partial charge in [-0.1, -0.05) is 44.0 Å². The maximum atomic E-state index is 13.3. The van der Waals surface area contributed by atoms with Gasteiger partial charge in [0.15, 0.2) is 0 Å². The molecule has 1 saturated carbocycles. The smallest absolute Gasteiger partial charge is 0.243 e. The van der Waals surface area contributed by atoms with Gasteiger partial charge in [0.2, 0.25) is 11.8 Å². The van der Waals surface area contributed by atoms with Crippen molar-refractivity contribution >= 4 is 11.8 Å². The van der Waals surface area contributed by atoms with Gasteiger partial charge in [-0.3, -0.25) is 9.59 Å². The Kier molecular flexibility index (Phi) is 8.04. The molecule has 0 bridgehead atoms. The van der Waals surface area contributed by atoms with Crippen LogP contribution in [0.5, 0.6) is 5.75 Å². The Morgan fingerprint density at radius 3 is 2.48 bits per heavy atom. The number of carbonyl (C=O) groups is 2. The van der Waals surface area contributed by atoms with E-state index in [9.17, 15) is 14.0 Å². The highest BCUT2D eigenvalue weighted by Gasteiger charge is 2.30. The fraction of sp³-hybridized carbons (Fsp3) is 0.440. The largest absolute Gasteiger partial charge is 0.497 e. The lowest BCUT2D eigenvalue weighted by Gasteiger charge is -2.31. The molecule has 0 aliphatic heterocycles. The summed E-state index contributed by atoms with van der Waals surface area (Å²) < 4.78 is 18.6. The van der Waals surface area contributed by atoms with E-state index in [4.69, 9.17) is 4.74 Å². The molecule has 3 rings (SSSR count). The van der Waals surface area contributed by atoms with Crippen LogP contribution in [0.25, 0.3) is 0 Å². The summed E-state index contributed by atoms with van der Waals surface area (Å²) in [6.45, 7) is 2.22. The second-order valence-corrected chi connectivity index (χ2v) is 8.09. The number of nitrogens with one attached hydrogen (secondary N) is 1. The third kappa shape index (κ3) is 6.29. The Labute approximate surface area is 183 Å². The van der Waals surface area contributed by atoms with Crippen molar-refractivity contribution in [1.82, 2.24) is 10.2 Å². The van der Waals surface area contributed by atoms with Gasteiger partial charge in [0, 0.05) is 12.6 Å². The number of nitrogens with zero attached hydrogens (tertiary/aromatic N) is 1. The predicted octanol–water partition coefficient (Wildman–Crippen LogP) is 4.24. The second-order valence-electron chi connectivity index (χ2n) is 8.09. The highest BCUT2D eigenvalue weighted by atomic mass is 19.1. The molecule has 1 fully saturated rings. The van der Waals surface area contributed by atoms with E-state index in [1.807, 2.05) is 31.2 Å². The van der Waals surface area contributed by atoms with Crippen LogP contribution >= 0.6 is 0 Å². The summed E-state index contributed by atoms with van der Waals surface area (Å²) in [7, 11) is 1.60. The van der Waals surface area contributed by atoms with Crippen LogP contribution in [0.1, 0.15) is 50.2 Å². The highest BCUT2D eigenvalue weighted by molar-refractivity contribution is 5.88. The summed E-state index contributed by atoms with van der Waals surface area (Å²) in [6.07, 6.45) is 4.84. The van der Waals surface area contributed by atoms with E-state index in [2.05, 4.69) is 5.32 Å². The summed E-state index contributed by atoms with van der Waals surface area (Å²) >= 11 is 0. The molecule has 31 heavy (non-hydrogen) atoms. The molecule has 0 saturated heterocycles. The zero-order chi connectivity index (χ0) is 22.2. The molecule has 2 aromatic rings. The Bertz CT molecular complexity index is 879. The zero-order valence-electron chi connectivity index (χ0n) is 18.3. The number of benzene rings is 2. The Morgan fingerprint density at radius 1 is 1.13 bits per heavy atom. The van der Waals surface area contributed by atoms with Gasteiger partial charge in [-0.2, -0.15) is 0 Å². The lowest BCUT2D eigenvalue weighted by molar-refractivity contribution is -0.141. The molecule has 0 unspecified atom stereocenters. The monoisotopic (exact) mass is 426 g/mol.